The number of carbonyl (C=O) groups is 4. The quantitative estimate of drug-likeness (QED) is 0.178. The molecule has 0 heterocycles. The first-order chi connectivity index (χ1) is 12.0. The second kappa shape index (κ2) is 15.3. The van der Waals surface area contributed by atoms with Crippen molar-refractivity contribution in [2.45, 2.75) is 38.5 Å². The van der Waals surface area contributed by atoms with Crippen molar-refractivity contribution in [2.75, 3.05) is 33.2 Å². The van der Waals surface area contributed by atoms with E-state index in [9.17, 15) is 19.2 Å². The van der Waals surface area contributed by atoms with Crippen LogP contribution >= 0.6 is 0 Å². The van der Waals surface area contributed by atoms with Crippen LogP contribution in [0.2, 0.25) is 0 Å². The Hall–Kier alpha value is -2.20. The lowest BCUT2D eigenvalue weighted by Crippen LogP contribution is -2.14. The van der Waals surface area contributed by atoms with Crippen molar-refractivity contribution in [3.05, 3.63) is 0 Å². The summed E-state index contributed by atoms with van der Waals surface area (Å²) in [6, 6.07) is 0. The molecule has 0 aromatic carbocycles. The van der Waals surface area contributed by atoms with E-state index in [-0.39, 0.29) is 65.0 Å². The minimum atomic E-state index is -0.607. The van der Waals surface area contributed by atoms with Gasteiger partial charge in [0.2, 0.25) is 6.79 Å². The number of esters is 4. The van der Waals surface area contributed by atoms with Gasteiger partial charge in [0.05, 0.1) is 39.3 Å². The van der Waals surface area contributed by atoms with E-state index >= 15 is 0 Å². The van der Waals surface area contributed by atoms with Crippen LogP contribution in [0.3, 0.4) is 0 Å². The Morgan fingerprint density at radius 1 is 0.560 bits per heavy atom. The van der Waals surface area contributed by atoms with Crippen LogP contribution in [0.1, 0.15) is 38.5 Å². The molecule has 0 aromatic heterocycles. The molecule has 0 fully saturated rings. The second-order valence-electron chi connectivity index (χ2n) is 4.75. The molecule has 0 saturated carbocycles. The van der Waals surface area contributed by atoms with Gasteiger partial charge in [0.25, 0.3) is 0 Å². The summed E-state index contributed by atoms with van der Waals surface area (Å²) in [6.07, 6.45) is 0.296. The highest BCUT2D eigenvalue weighted by atomic mass is 16.7. The van der Waals surface area contributed by atoms with E-state index < -0.39 is 30.7 Å². The van der Waals surface area contributed by atoms with Crippen molar-refractivity contribution in [3.63, 3.8) is 0 Å². The van der Waals surface area contributed by atoms with Crippen LogP contribution in [0, 0.1) is 0 Å². The highest BCUT2D eigenvalue weighted by Gasteiger charge is 2.08. The number of hydrogen-bond acceptors (Lipinski definition) is 10. The number of aliphatic hydroxyl groups excluding tert-OH is 2. The molecule has 25 heavy (non-hydrogen) atoms. The van der Waals surface area contributed by atoms with Crippen molar-refractivity contribution >= 4 is 23.9 Å². The van der Waals surface area contributed by atoms with Crippen LogP contribution < -0.4 is 0 Å². The lowest BCUT2D eigenvalue weighted by molar-refractivity contribution is -0.168. The fourth-order valence-electron chi connectivity index (χ4n) is 1.44. The lowest BCUT2D eigenvalue weighted by Gasteiger charge is -2.07. The molecule has 0 saturated heterocycles. The van der Waals surface area contributed by atoms with Crippen LogP contribution in [-0.4, -0.2) is 67.3 Å². The number of ether oxygens (including phenoxy) is 4. The van der Waals surface area contributed by atoms with Gasteiger partial charge >= 0.3 is 23.9 Å². The summed E-state index contributed by atoms with van der Waals surface area (Å²) in [6.45, 7) is -1.05. The Morgan fingerprint density at radius 3 is 1.28 bits per heavy atom. The van der Waals surface area contributed by atoms with Gasteiger partial charge in [0.1, 0.15) is 0 Å². The molecule has 0 aromatic rings. The molecule has 10 heteroatoms. The molecule has 0 atom stereocenters. The van der Waals surface area contributed by atoms with Crippen LogP contribution in [0.15, 0.2) is 0 Å². The van der Waals surface area contributed by atoms with Crippen LogP contribution in [0.25, 0.3) is 0 Å². The van der Waals surface area contributed by atoms with Crippen molar-refractivity contribution in [1.29, 1.82) is 0 Å². The van der Waals surface area contributed by atoms with Gasteiger partial charge in [0, 0.05) is 12.8 Å². The Kier molecular flexibility index (Phi) is 14.0. The summed E-state index contributed by atoms with van der Waals surface area (Å²) in [5.41, 5.74) is 0. The average Bonchev–Trinajstić information content (AvgIpc) is 2.56. The maximum Gasteiger partial charge on any atom is 0.308 e. The zero-order valence-corrected chi connectivity index (χ0v) is 13.9. The van der Waals surface area contributed by atoms with Gasteiger partial charge in [-0.15, -0.1) is 0 Å². The van der Waals surface area contributed by atoms with E-state index in [0.29, 0.717) is 0 Å². The number of aliphatic hydroxyl groups is 2. The Bertz CT molecular complexity index is 383. The maximum atomic E-state index is 11.3. The van der Waals surface area contributed by atoms with Gasteiger partial charge in [-0.1, -0.05) is 0 Å². The molecule has 0 radical (unpaired) electrons. The summed E-state index contributed by atoms with van der Waals surface area (Å²) in [7, 11) is 0. The monoisotopic (exact) mass is 364 g/mol. The van der Waals surface area contributed by atoms with Crippen LogP contribution in [0.4, 0.5) is 0 Å². The zero-order valence-electron chi connectivity index (χ0n) is 13.9. The summed E-state index contributed by atoms with van der Waals surface area (Å²) in [5.74, 6) is -2.31. The van der Waals surface area contributed by atoms with Gasteiger partial charge in [0.15, 0.2) is 0 Å². The maximum absolute atomic E-state index is 11.3. The summed E-state index contributed by atoms with van der Waals surface area (Å²) in [5, 5.41) is 17.0. The van der Waals surface area contributed by atoms with Gasteiger partial charge in [-0.05, 0) is 12.8 Å². The fraction of sp³-hybridized carbons (Fsp3) is 0.733. The summed E-state index contributed by atoms with van der Waals surface area (Å²) >= 11 is 0. The molecule has 0 bridgehead atoms. The Labute approximate surface area is 145 Å². The van der Waals surface area contributed by atoms with Gasteiger partial charge in [-0.3, -0.25) is 19.2 Å². The molecule has 0 spiro atoms. The Morgan fingerprint density at radius 2 is 0.920 bits per heavy atom. The normalized spacial score (nSPS) is 10.0. The van der Waals surface area contributed by atoms with Crippen molar-refractivity contribution in [3.8, 4) is 0 Å². The zero-order chi connectivity index (χ0) is 18.9. The van der Waals surface area contributed by atoms with Crippen LogP contribution in [-0.2, 0) is 38.1 Å². The predicted octanol–water partition coefficient (Wildman–Crippen LogP) is -0.558. The predicted molar refractivity (Wildman–Crippen MR) is 80.8 cm³/mol. The third-order valence-corrected chi connectivity index (χ3v) is 2.65. The number of carbonyl (C=O) groups excluding carboxylic acids is 4. The van der Waals surface area contributed by atoms with Gasteiger partial charge in [-0.2, -0.15) is 0 Å². The third kappa shape index (κ3) is 15.1. The average molecular weight is 364 g/mol. The minimum absolute atomic E-state index is 0.00916. The van der Waals surface area contributed by atoms with Crippen molar-refractivity contribution in [2.24, 2.45) is 0 Å². The van der Waals surface area contributed by atoms with E-state index in [1.165, 1.54) is 0 Å². The van der Waals surface area contributed by atoms with Crippen molar-refractivity contribution < 1.29 is 48.3 Å². The molecule has 0 rings (SSSR count). The smallest absolute Gasteiger partial charge is 0.308 e. The van der Waals surface area contributed by atoms with E-state index in [1.54, 1.807) is 0 Å². The molecule has 10 nitrogen and oxygen atoms in total. The Balaban J connectivity index is 3.52. The van der Waals surface area contributed by atoms with E-state index in [4.69, 9.17) is 19.7 Å². The largest absolute Gasteiger partial charge is 0.466 e. The van der Waals surface area contributed by atoms with Gasteiger partial charge < -0.3 is 29.2 Å². The van der Waals surface area contributed by atoms with E-state index in [1.807, 2.05) is 0 Å². The summed E-state index contributed by atoms with van der Waals surface area (Å²) < 4.78 is 18.8. The highest BCUT2D eigenvalue weighted by molar-refractivity contribution is 5.71. The van der Waals surface area contributed by atoms with Crippen molar-refractivity contribution in [1.82, 2.24) is 0 Å². The molecule has 0 aliphatic carbocycles. The number of hydrogen-bond donors (Lipinski definition) is 2. The SMILES string of the molecule is O=C(CCO)OCCCC(=O)OCOC(=O)CCCOC(=O)CCO. The first-order valence-electron chi connectivity index (χ1n) is 7.83. The first-order valence-corrected chi connectivity index (χ1v) is 7.83. The molecule has 0 aliphatic rings. The van der Waals surface area contributed by atoms with Gasteiger partial charge in [-0.25, -0.2) is 0 Å². The van der Waals surface area contributed by atoms with E-state index in [0.717, 1.165) is 0 Å². The molecular weight excluding hydrogens is 340 g/mol. The fourth-order valence-corrected chi connectivity index (χ4v) is 1.44. The molecule has 0 amide bonds. The van der Waals surface area contributed by atoms with E-state index in [2.05, 4.69) is 9.47 Å². The minimum Gasteiger partial charge on any atom is -0.466 e. The third-order valence-electron chi connectivity index (χ3n) is 2.65. The molecule has 0 aliphatic heterocycles. The van der Waals surface area contributed by atoms with Crippen LogP contribution in [0.5, 0.6) is 0 Å². The molecular formula is C15H24O10. The number of rotatable bonds is 14. The molecule has 0 unspecified atom stereocenters. The lowest BCUT2D eigenvalue weighted by atomic mass is 10.3. The highest BCUT2D eigenvalue weighted by Crippen LogP contribution is 1.98. The molecule has 144 valence electrons. The topological polar surface area (TPSA) is 146 Å². The molecule has 2 N–H and O–H groups in total. The standard InChI is InChI=1S/C15H24O10/c16-7-5-14(20)22-9-1-3-12(18)24-11-25-13(19)4-2-10-23-15(21)6-8-17/h16-17H,1-11H2. The second-order valence-corrected chi connectivity index (χ2v) is 4.75. The summed E-state index contributed by atoms with van der Waals surface area (Å²) in [4.78, 5) is 44.5. The first kappa shape index (κ1) is 22.8.